The van der Waals surface area contributed by atoms with Crippen LogP contribution in [0.3, 0.4) is 0 Å². The van der Waals surface area contributed by atoms with E-state index >= 15 is 0 Å². The minimum atomic E-state index is -3.62. The Morgan fingerprint density at radius 1 is 1.21 bits per heavy atom. The summed E-state index contributed by atoms with van der Waals surface area (Å²) in [5, 5.41) is 3.45. The summed E-state index contributed by atoms with van der Waals surface area (Å²) in [5.41, 5.74) is 1.98. The summed E-state index contributed by atoms with van der Waals surface area (Å²) < 4.78 is 27.7. The van der Waals surface area contributed by atoms with Crippen LogP contribution >= 0.6 is 11.6 Å². The first-order valence-corrected chi connectivity index (χ1v) is 11.3. The van der Waals surface area contributed by atoms with Gasteiger partial charge in [-0.15, -0.1) is 0 Å². The number of nitrogens with one attached hydrogen (secondary N) is 1. The summed E-state index contributed by atoms with van der Waals surface area (Å²) in [4.78, 5) is 12.9. The third kappa shape index (κ3) is 4.57. The van der Waals surface area contributed by atoms with Gasteiger partial charge in [0.2, 0.25) is 10.0 Å². The zero-order chi connectivity index (χ0) is 20.3. The average Bonchev–Trinajstić information content (AvgIpc) is 2.66. The van der Waals surface area contributed by atoms with E-state index in [1.165, 1.54) is 6.07 Å². The lowest BCUT2D eigenvalue weighted by Crippen LogP contribution is -2.42. The van der Waals surface area contributed by atoms with Gasteiger partial charge in [-0.2, -0.15) is 4.31 Å². The van der Waals surface area contributed by atoms with Gasteiger partial charge in [-0.1, -0.05) is 36.2 Å². The molecule has 1 heterocycles. The van der Waals surface area contributed by atoms with Gasteiger partial charge >= 0.3 is 0 Å². The fraction of sp³-hybridized carbons (Fsp3) is 0.381. The van der Waals surface area contributed by atoms with Crippen LogP contribution in [0.1, 0.15) is 47.7 Å². The molecular weight excluding hydrogens is 396 g/mol. The van der Waals surface area contributed by atoms with Crippen molar-refractivity contribution in [3.05, 3.63) is 64.2 Å². The molecule has 1 aliphatic rings. The van der Waals surface area contributed by atoms with Crippen LogP contribution in [-0.2, 0) is 16.6 Å². The largest absolute Gasteiger partial charge is 0.348 e. The molecule has 0 spiro atoms. The Hall–Kier alpha value is -1.89. The second kappa shape index (κ2) is 8.64. The molecule has 1 amide bonds. The molecule has 0 bridgehead atoms. The number of hydrogen-bond donors (Lipinski definition) is 1. The lowest BCUT2D eigenvalue weighted by Gasteiger charge is -2.32. The lowest BCUT2D eigenvalue weighted by molar-refractivity contribution is 0.0950. The molecular formula is C21H25ClN2O3S. The fourth-order valence-electron chi connectivity index (χ4n) is 3.49. The van der Waals surface area contributed by atoms with Crippen LogP contribution < -0.4 is 5.32 Å². The van der Waals surface area contributed by atoms with E-state index in [0.717, 1.165) is 30.4 Å². The van der Waals surface area contributed by atoms with Crippen LogP contribution in [0, 0.1) is 6.92 Å². The van der Waals surface area contributed by atoms with Crippen LogP contribution in [-0.4, -0.2) is 31.2 Å². The summed E-state index contributed by atoms with van der Waals surface area (Å²) in [6.45, 7) is 4.57. The first-order valence-electron chi connectivity index (χ1n) is 9.44. The Morgan fingerprint density at radius 3 is 2.71 bits per heavy atom. The Bertz CT molecular complexity index is 975. The summed E-state index contributed by atoms with van der Waals surface area (Å²) >= 11 is 5.97. The summed E-state index contributed by atoms with van der Waals surface area (Å²) in [5.74, 6) is -0.304. The highest BCUT2D eigenvalue weighted by Gasteiger charge is 2.31. The first kappa shape index (κ1) is 20.8. The Balaban J connectivity index is 1.81. The molecule has 3 rings (SSSR count). The monoisotopic (exact) mass is 420 g/mol. The van der Waals surface area contributed by atoms with Crippen molar-refractivity contribution in [1.29, 1.82) is 0 Å². The predicted octanol–water partition coefficient (Wildman–Crippen LogP) is 4.14. The Morgan fingerprint density at radius 2 is 2.00 bits per heavy atom. The number of halogens is 1. The molecule has 0 radical (unpaired) electrons. The fourth-order valence-corrected chi connectivity index (χ4v) is 5.43. The van der Waals surface area contributed by atoms with E-state index in [2.05, 4.69) is 5.32 Å². The topological polar surface area (TPSA) is 66.5 Å². The molecule has 2 aromatic carbocycles. The van der Waals surface area contributed by atoms with Crippen LogP contribution in [0.25, 0.3) is 0 Å². The van der Waals surface area contributed by atoms with E-state index in [9.17, 15) is 13.2 Å². The Labute approximate surface area is 171 Å². The number of piperidine rings is 1. The molecule has 1 aliphatic heterocycles. The molecule has 28 heavy (non-hydrogen) atoms. The zero-order valence-electron chi connectivity index (χ0n) is 16.1. The van der Waals surface area contributed by atoms with Crippen molar-refractivity contribution in [1.82, 2.24) is 9.62 Å². The maximum atomic E-state index is 13.1. The second-order valence-electron chi connectivity index (χ2n) is 7.25. The lowest BCUT2D eigenvalue weighted by atomic mass is 10.1. The van der Waals surface area contributed by atoms with Gasteiger partial charge in [-0.05, 0) is 62.1 Å². The summed E-state index contributed by atoms with van der Waals surface area (Å²) in [7, 11) is -3.62. The average molecular weight is 421 g/mol. The minimum Gasteiger partial charge on any atom is -0.348 e. The number of nitrogens with zero attached hydrogens (tertiary/aromatic N) is 1. The normalized spacial score (nSPS) is 18.0. The smallest absolute Gasteiger partial charge is 0.251 e. The zero-order valence-corrected chi connectivity index (χ0v) is 17.7. The number of aryl methyl sites for hydroxylation is 1. The molecule has 0 saturated carbocycles. The van der Waals surface area contributed by atoms with Gasteiger partial charge < -0.3 is 5.32 Å². The highest BCUT2D eigenvalue weighted by atomic mass is 35.5. The first-order chi connectivity index (χ1) is 13.3. The van der Waals surface area contributed by atoms with E-state index in [1.54, 1.807) is 35.5 Å². The van der Waals surface area contributed by atoms with E-state index in [1.807, 2.05) is 19.1 Å². The number of carbonyl (C=O) groups is 1. The van der Waals surface area contributed by atoms with Gasteiger partial charge in [0.25, 0.3) is 5.91 Å². The van der Waals surface area contributed by atoms with Gasteiger partial charge in [0.05, 0.1) is 4.90 Å². The maximum absolute atomic E-state index is 13.1. The van der Waals surface area contributed by atoms with E-state index < -0.39 is 10.0 Å². The SMILES string of the molecule is Cc1ccc(S(=O)(=O)N2CCCCC2C)cc1C(=O)NCc1cccc(Cl)c1. The van der Waals surface area contributed by atoms with Crippen molar-refractivity contribution >= 4 is 27.5 Å². The highest BCUT2D eigenvalue weighted by molar-refractivity contribution is 7.89. The van der Waals surface area contributed by atoms with Gasteiger partial charge in [-0.3, -0.25) is 4.79 Å². The molecule has 5 nitrogen and oxygen atoms in total. The van der Waals surface area contributed by atoms with Crippen LogP contribution in [0.5, 0.6) is 0 Å². The molecule has 1 unspecified atom stereocenters. The summed E-state index contributed by atoms with van der Waals surface area (Å²) in [6, 6.07) is 12.0. The Kier molecular flexibility index (Phi) is 6.43. The molecule has 7 heteroatoms. The highest BCUT2D eigenvalue weighted by Crippen LogP contribution is 2.26. The molecule has 2 aromatic rings. The second-order valence-corrected chi connectivity index (χ2v) is 9.58. The standard InChI is InChI=1S/C21H25ClN2O3S/c1-15-9-10-19(28(26,27)24-11-4-3-6-16(24)2)13-20(15)21(25)23-14-17-7-5-8-18(22)12-17/h5,7-10,12-13,16H,3-4,6,11,14H2,1-2H3,(H,23,25). The number of amides is 1. The van der Waals surface area contributed by atoms with Crippen LogP contribution in [0.4, 0.5) is 0 Å². The maximum Gasteiger partial charge on any atom is 0.251 e. The molecule has 150 valence electrons. The van der Waals surface area contributed by atoms with Gasteiger partial charge in [0.15, 0.2) is 0 Å². The molecule has 0 aliphatic carbocycles. The van der Waals surface area contributed by atoms with Crippen molar-refractivity contribution in [2.45, 2.75) is 50.6 Å². The number of sulfonamides is 1. The third-order valence-electron chi connectivity index (χ3n) is 5.14. The van der Waals surface area contributed by atoms with E-state index in [0.29, 0.717) is 23.7 Å². The van der Waals surface area contributed by atoms with E-state index in [-0.39, 0.29) is 16.8 Å². The number of hydrogen-bond acceptors (Lipinski definition) is 3. The van der Waals surface area contributed by atoms with Crippen molar-refractivity contribution in [2.75, 3.05) is 6.54 Å². The summed E-state index contributed by atoms with van der Waals surface area (Å²) in [6.07, 6.45) is 2.76. The number of benzene rings is 2. The van der Waals surface area contributed by atoms with Gasteiger partial charge in [-0.25, -0.2) is 8.42 Å². The predicted molar refractivity (Wildman–Crippen MR) is 111 cm³/mol. The van der Waals surface area contributed by atoms with Gasteiger partial charge in [0, 0.05) is 29.7 Å². The molecule has 1 saturated heterocycles. The van der Waals surface area contributed by atoms with Gasteiger partial charge in [0.1, 0.15) is 0 Å². The third-order valence-corrected chi connectivity index (χ3v) is 7.39. The minimum absolute atomic E-state index is 0.0276. The molecule has 1 fully saturated rings. The number of rotatable bonds is 5. The van der Waals surface area contributed by atoms with Crippen molar-refractivity contribution in [2.24, 2.45) is 0 Å². The van der Waals surface area contributed by atoms with Crippen LogP contribution in [0.2, 0.25) is 5.02 Å². The molecule has 0 aromatic heterocycles. The molecule has 1 N–H and O–H groups in total. The van der Waals surface area contributed by atoms with Crippen molar-refractivity contribution < 1.29 is 13.2 Å². The van der Waals surface area contributed by atoms with Crippen LogP contribution in [0.15, 0.2) is 47.4 Å². The number of carbonyl (C=O) groups excluding carboxylic acids is 1. The molecule has 1 atom stereocenters. The quantitative estimate of drug-likeness (QED) is 0.790. The van der Waals surface area contributed by atoms with Crippen molar-refractivity contribution in [3.8, 4) is 0 Å². The van der Waals surface area contributed by atoms with Crippen molar-refractivity contribution in [3.63, 3.8) is 0 Å². The van der Waals surface area contributed by atoms with E-state index in [4.69, 9.17) is 11.6 Å².